The van der Waals surface area contributed by atoms with Crippen molar-refractivity contribution in [3.8, 4) is 11.5 Å². The van der Waals surface area contributed by atoms with Crippen LogP contribution in [0.25, 0.3) is 0 Å². The van der Waals surface area contributed by atoms with E-state index in [4.69, 9.17) is 9.47 Å². The summed E-state index contributed by atoms with van der Waals surface area (Å²) in [5.74, 6) is 1.74. The number of para-hydroxylation sites is 1. The minimum absolute atomic E-state index is 0.127. The third kappa shape index (κ3) is 5.30. The normalized spacial score (nSPS) is 15.9. The molecule has 0 bridgehead atoms. The van der Waals surface area contributed by atoms with E-state index < -0.39 is 0 Å². The standard InChI is InChI=1S/C21H28N2O2/c1-21(2,23-11-13-24-14-12-23)17-22-16-18-7-6-10-20(15-18)25-19-8-4-3-5-9-19/h3-10,15,22H,11-14,16-17H2,1-2H3. The van der Waals surface area contributed by atoms with E-state index in [0.717, 1.165) is 50.9 Å². The first kappa shape index (κ1) is 17.9. The molecule has 1 heterocycles. The van der Waals surface area contributed by atoms with Crippen molar-refractivity contribution >= 4 is 0 Å². The topological polar surface area (TPSA) is 33.7 Å². The molecular weight excluding hydrogens is 312 g/mol. The molecule has 1 aliphatic rings. The van der Waals surface area contributed by atoms with Gasteiger partial charge in [-0.15, -0.1) is 0 Å². The first-order chi connectivity index (χ1) is 12.1. The molecule has 1 saturated heterocycles. The van der Waals surface area contributed by atoms with E-state index in [1.807, 2.05) is 42.5 Å². The largest absolute Gasteiger partial charge is 0.457 e. The Hall–Kier alpha value is -1.88. The zero-order valence-corrected chi connectivity index (χ0v) is 15.2. The molecule has 0 aromatic heterocycles. The van der Waals surface area contributed by atoms with E-state index in [1.165, 1.54) is 5.56 Å². The van der Waals surface area contributed by atoms with E-state index in [0.29, 0.717) is 0 Å². The summed E-state index contributed by atoms with van der Waals surface area (Å²) >= 11 is 0. The summed E-state index contributed by atoms with van der Waals surface area (Å²) in [6.45, 7) is 10.0. The second kappa shape index (κ2) is 8.48. The Morgan fingerprint density at radius 3 is 2.48 bits per heavy atom. The molecule has 4 heteroatoms. The highest BCUT2D eigenvalue weighted by atomic mass is 16.5. The third-order valence-electron chi connectivity index (χ3n) is 4.63. The smallest absolute Gasteiger partial charge is 0.127 e. The molecule has 25 heavy (non-hydrogen) atoms. The van der Waals surface area contributed by atoms with Crippen LogP contribution in [0.15, 0.2) is 54.6 Å². The van der Waals surface area contributed by atoms with Crippen LogP contribution in [0.1, 0.15) is 19.4 Å². The molecule has 134 valence electrons. The number of ether oxygens (including phenoxy) is 2. The molecule has 0 amide bonds. The van der Waals surface area contributed by atoms with Crippen LogP contribution in [-0.2, 0) is 11.3 Å². The summed E-state index contributed by atoms with van der Waals surface area (Å²) < 4.78 is 11.4. The lowest BCUT2D eigenvalue weighted by atomic mass is 10.0. The molecular formula is C21H28N2O2. The molecule has 4 nitrogen and oxygen atoms in total. The van der Waals surface area contributed by atoms with Crippen LogP contribution in [0.5, 0.6) is 11.5 Å². The fourth-order valence-corrected chi connectivity index (χ4v) is 3.14. The molecule has 0 radical (unpaired) electrons. The first-order valence-electron chi connectivity index (χ1n) is 8.99. The highest BCUT2D eigenvalue weighted by molar-refractivity contribution is 5.33. The van der Waals surface area contributed by atoms with Crippen molar-refractivity contribution in [3.05, 3.63) is 60.2 Å². The lowest BCUT2D eigenvalue weighted by molar-refractivity contribution is -0.00966. The van der Waals surface area contributed by atoms with Crippen LogP contribution in [0, 0.1) is 0 Å². The van der Waals surface area contributed by atoms with Gasteiger partial charge in [0.1, 0.15) is 11.5 Å². The lowest BCUT2D eigenvalue weighted by Crippen LogP contribution is -2.54. The predicted octanol–water partition coefficient (Wildman–Crippen LogP) is 3.68. The van der Waals surface area contributed by atoms with Crippen LogP contribution in [-0.4, -0.2) is 43.3 Å². The average molecular weight is 340 g/mol. The summed E-state index contributed by atoms with van der Waals surface area (Å²) in [7, 11) is 0. The first-order valence-corrected chi connectivity index (χ1v) is 8.99. The van der Waals surface area contributed by atoms with Gasteiger partial charge in [0.05, 0.1) is 13.2 Å². The molecule has 2 aromatic rings. The Labute approximate surface area is 150 Å². The summed E-state index contributed by atoms with van der Waals surface area (Å²) in [5.41, 5.74) is 1.35. The number of benzene rings is 2. The van der Waals surface area contributed by atoms with Crippen LogP contribution in [0.4, 0.5) is 0 Å². The lowest BCUT2D eigenvalue weighted by Gasteiger charge is -2.41. The molecule has 1 fully saturated rings. The molecule has 1 aliphatic heterocycles. The Bertz CT molecular complexity index is 652. The zero-order chi connectivity index (χ0) is 17.5. The van der Waals surface area contributed by atoms with Crippen molar-refractivity contribution in [2.75, 3.05) is 32.8 Å². The minimum Gasteiger partial charge on any atom is -0.457 e. The molecule has 3 rings (SSSR count). The maximum absolute atomic E-state index is 5.91. The molecule has 0 unspecified atom stereocenters. The summed E-state index contributed by atoms with van der Waals surface area (Å²) in [6, 6.07) is 18.2. The van der Waals surface area contributed by atoms with Gasteiger partial charge in [-0.3, -0.25) is 4.90 Å². The minimum atomic E-state index is 0.127. The fourth-order valence-electron chi connectivity index (χ4n) is 3.14. The van der Waals surface area contributed by atoms with Crippen molar-refractivity contribution in [3.63, 3.8) is 0 Å². The Kier molecular flexibility index (Phi) is 6.08. The third-order valence-corrected chi connectivity index (χ3v) is 4.63. The van der Waals surface area contributed by atoms with E-state index in [1.54, 1.807) is 0 Å². The summed E-state index contributed by atoms with van der Waals surface area (Å²) in [4.78, 5) is 2.50. The van der Waals surface area contributed by atoms with Crippen molar-refractivity contribution in [2.45, 2.75) is 25.9 Å². The number of hydrogen-bond acceptors (Lipinski definition) is 4. The molecule has 1 N–H and O–H groups in total. The zero-order valence-electron chi connectivity index (χ0n) is 15.2. The number of morpholine rings is 1. The van der Waals surface area contributed by atoms with Gasteiger partial charge in [0.15, 0.2) is 0 Å². The maximum Gasteiger partial charge on any atom is 0.127 e. The van der Waals surface area contributed by atoms with Gasteiger partial charge >= 0.3 is 0 Å². The number of rotatable bonds is 7. The van der Waals surface area contributed by atoms with Gasteiger partial charge in [0.2, 0.25) is 0 Å². The second-order valence-electron chi connectivity index (χ2n) is 7.08. The second-order valence-corrected chi connectivity index (χ2v) is 7.08. The van der Waals surface area contributed by atoms with Gasteiger partial charge in [-0.2, -0.15) is 0 Å². The number of hydrogen-bond donors (Lipinski definition) is 1. The maximum atomic E-state index is 5.91. The Morgan fingerprint density at radius 1 is 1.00 bits per heavy atom. The Morgan fingerprint density at radius 2 is 1.72 bits per heavy atom. The molecule has 0 spiro atoms. The number of nitrogens with one attached hydrogen (secondary N) is 1. The highest BCUT2D eigenvalue weighted by Gasteiger charge is 2.27. The van der Waals surface area contributed by atoms with E-state index in [2.05, 4.69) is 36.2 Å². The summed E-state index contributed by atoms with van der Waals surface area (Å²) in [6.07, 6.45) is 0. The molecule has 0 atom stereocenters. The number of nitrogens with zero attached hydrogens (tertiary/aromatic N) is 1. The van der Waals surface area contributed by atoms with E-state index in [-0.39, 0.29) is 5.54 Å². The summed E-state index contributed by atoms with van der Waals surface area (Å²) in [5, 5.41) is 3.59. The van der Waals surface area contributed by atoms with Crippen molar-refractivity contribution in [2.24, 2.45) is 0 Å². The fraction of sp³-hybridized carbons (Fsp3) is 0.429. The SMILES string of the molecule is CC(C)(CNCc1cccc(Oc2ccccc2)c1)N1CCOCC1. The predicted molar refractivity (Wildman–Crippen MR) is 101 cm³/mol. The van der Waals surface area contributed by atoms with E-state index >= 15 is 0 Å². The van der Waals surface area contributed by atoms with Crippen LogP contribution in [0.2, 0.25) is 0 Å². The van der Waals surface area contributed by atoms with Gasteiger partial charge in [0, 0.05) is 31.7 Å². The molecule has 0 aliphatic carbocycles. The van der Waals surface area contributed by atoms with Crippen LogP contribution < -0.4 is 10.1 Å². The van der Waals surface area contributed by atoms with Crippen molar-refractivity contribution in [1.29, 1.82) is 0 Å². The van der Waals surface area contributed by atoms with Gasteiger partial charge in [-0.25, -0.2) is 0 Å². The van der Waals surface area contributed by atoms with Gasteiger partial charge in [-0.05, 0) is 43.7 Å². The van der Waals surface area contributed by atoms with Gasteiger partial charge < -0.3 is 14.8 Å². The average Bonchev–Trinajstić information content (AvgIpc) is 2.63. The van der Waals surface area contributed by atoms with Crippen LogP contribution in [0.3, 0.4) is 0 Å². The van der Waals surface area contributed by atoms with Gasteiger partial charge in [-0.1, -0.05) is 30.3 Å². The molecule has 2 aromatic carbocycles. The van der Waals surface area contributed by atoms with Crippen molar-refractivity contribution in [1.82, 2.24) is 10.2 Å². The Balaban J connectivity index is 1.52. The monoisotopic (exact) mass is 340 g/mol. The van der Waals surface area contributed by atoms with Crippen molar-refractivity contribution < 1.29 is 9.47 Å². The molecule has 0 saturated carbocycles. The quantitative estimate of drug-likeness (QED) is 0.834. The highest BCUT2D eigenvalue weighted by Crippen LogP contribution is 2.22. The van der Waals surface area contributed by atoms with Crippen LogP contribution >= 0.6 is 0 Å². The van der Waals surface area contributed by atoms with E-state index in [9.17, 15) is 0 Å². The van der Waals surface area contributed by atoms with Gasteiger partial charge in [0.25, 0.3) is 0 Å².